The molecule has 0 aliphatic carbocycles. The molecule has 1 aromatic carbocycles. The number of esters is 1. The van der Waals surface area contributed by atoms with E-state index in [-0.39, 0.29) is 17.3 Å². The first-order valence-electron chi connectivity index (χ1n) is 6.64. The van der Waals surface area contributed by atoms with E-state index in [4.69, 9.17) is 4.74 Å². The van der Waals surface area contributed by atoms with Gasteiger partial charge in [-0.05, 0) is 29.8 Å². The Morgan fingerprint density at radius 2 is 1.86 bits per heavy atom. The van der Waals surface area contributed by atoms with Crippen LogP contribution in [-0.2, 0) is 11.3 Å². The number of anilines is 1. The first-order chi connectivity index (χ1) is 10.5. The molecule has 0 aliphatic rings. The topological polar surface area (TPSA) is 51.7 Å². The number of nitrogens with zero attached hydrogens (tertiary/aromatic N) is 2. The predicted octanol–water partition coefficient (Wildman–Crippen LogP) is 2.65. The molecule has 6 heteroatoms. The van der Waals surface area contributed by atoms with Crippen LogP contribution in [0, 0.1) is 5.82 Å². The van der Waals surface area contributed by atoms with Gasteiger partial charge in [0, 0.05) is 13.6 Å². The molecule has 0 bridgehead atoms. The Kier molecular flexibility index (Phi) is 4.93. The van der Waals surface area contributed by atoms with Crippen LogP contribution in [0.25, 0.3) is 0 Å². The molecule has 1 aromatic heterocycles. The van der Waals surface area contributed by atoms with Gasteiger partial charge in [0.25, 0.3) is 0 Å². The first-order valence-corrected chi connectivity index (χ1v) is 6.64. The number of methoxy groups -OCH3 is 2. The SMILES string of the molecule is COC(=O)c1ccc(N(C)Cc2ccc(F)cc2)nc1OC. The van der Waals surface area contributed by atoms with Crippen molar-refractivity contribution in [3.63, 3.8) is 0 Å². The van der Waals surface area contributed by atoms with Crippen LogP contribution in [0.1, 0.15) is 15.9 Å². The summed E-state index contributed by atoms with van der Waals surface area (Å²) in [5.74, 6) is 0.0647. The highest BCUT2D eigenvalue weighted by Gasteiger charge is 2.16. The van der Waals surface area contributed by atoms with Crippen molar-refractivity contribution in [2.24, 2.45) is 0 Å². The second-order valence-corrected chi connectivity index (χ2v) is 4.70. The van der Waals surface area contributed by atoms with E-state index in [1.54, 1.807) is 24.3 Å². The van der Waals surface area contributed by atoms with Gasteiger partial charge < -0.3 is 14.4 Å². The highest BCUT2D eigenvalue weighted by atomic mass is 19.1. The summed E-state index contributed by atoms with van der Waals surface area (Å²) in [5.41, 5.74) is 1.21. The average Bonchev–Trinajstić information content (AvgIpc) is 2.55. The zero-order valence-electron chi connectivity index (χ0n) is 12.7. The normalized spacial score (nSPS) is 10.2. The summed E-state index contributed by atoms with van der Waals surface area (Å²) >= 11 is 0. The summed E-state index contributed by atoms with van der Waals surface area (Å²) in [4.78, 5) is 17.8. The lowest BCUT2D eigenvalue weighted by Crippen LogP contribution is -2.18. The Labute approximate surface area is 128 Å². The van der Waals surface area contributed by atoms with E-state index in [0.717, 1.165) is 5.56 Å². The number of halogens is 1. The third kappa shape index (κ3) is 3.52. The van der Waals surface area contributed by atoms with Gasteiger partial charge >= 0.3 is 5.97 Å². The first kappa shape index (κ1) is 15.8. The van der Waals surface area contributed by atoms with E-state index in [9.17, 15) is 9.18 Å². The lowest BCUT2D eigenvalue weighted by atomic mass is 10.2. The molecule has 5 nitrogen and oxygen atoms in total. The number of carbonyl (C=O) groups is 1. The van der Waals surface area contributed by atoms with E-state index in [2.05, 4.69) is 9.72 Å². The third-order valence-electron chi connectivity index (χ3n) is 3.17. The molecule has 0 fully saturated rings. The third-order valence-corrected chi connectivity index (χ3v) is 3.17. The molecule has 2 rings (SSSR count). The number of carbonyl (C=O) groups excluding carboxylic acids is 1. The maximum atomic E-state index is 12.9. The van der Waals surface area contributed by atoms with Gasteiger partial charge in [0.05, 0.1) is 14.2 Å². The predicted molar refractivity (Wildman–Crippen MR) is 80.6 cm³/mol. The van der Waals surface area contributed by atoms with Crippen LogP contribution in [-0.4, -0.2) is 32.2 Å². The zero-order chi connectivity index (χ0) is 16.1. The maximum absolute atomic E-state index is 12.9. The Hall–Kier alpha value is -2.63. The molecule has 0 saturated carbocycles. The summed E-state index contributed by atoms with van der Waals surface area (Å²) in [6, 6.07) is 9.57. The second-order valence-electron chi connectivity index (χ2n) is 4.70. The Balaban J connectivity index is 2.20. The molecule has 0 radical (unpaired) electrons. The monoisotopic (exact) mass is 304 g/mol. The van der Waals surface area contributed by atoms with Crippen molar-refractivity contribution < 1.29 is 18.7 Å². The average molecular weight is 304 g/mol. The molecule has 0 saturated heterocycles. The Morgan fingerprint density at radius 1 is 1.18 bits per heavy atom. The van der Waals surface area contributed by atoms with Crippen molar-refractivity contribution in [3.05, 3.63) is 53.3 Å². The van der Waals surface area contributed by atoms with Gasteiger partial charge in [-0.2, -0.15) is 4.98 Å². The molecule has 0 spiro atoms. The zero-order valence-corrected chi connectivity index (χ0v) is 12.7. The van der Waals surface area contributed by atoms with Crippen molar-refractivity contribution >= 4 is 11.8 Å². The van der Waals surface area contributed by atoms with Gasteiger partial charge in [0.1, 0.15) is 17.2 Å². The minimum Gasteiger partial charge on any atom is -0.480 e. The number of ether oxygens (including phenoxy) is 2. The van der Waals surface area contributed by atoms with Gasteiger partial charge in [-0.3, -0.25) is 0 Å². The number of hydrogen-bond donors (Lipinski definition) is 0. The number of aromatic nitrogens is 1. The van der Waals surface area contributed by atoms with Crippen LogP contribution in [0.3, 0.4) is 0 Å². The van der Waals surface area contributed by atoms with Gasteiger partial charge in [-0.25, -0.2) is 9.18 Å². The van der Waals surface area contributed by atoms with Gasteiger partial charge in [-0.15, -0.1) is 0 Å². The molecule has 0 aliphatic heterocycles. The maximum Gasteiger partial charge on any atom is 0.343 e. The van der Waals surface area contributed by atoms with Crippen molar-refractivity contribution in [2.45, 2.75) is 6.54 Å². The molecule has 1 heterocycles. The van der Waals surface area contributed by atoms with E-state index in [0.29, 0.717) is 12.4 Å². The van der Waals surface area contributed by atoms with Crippen LogP contribution >= 0.6 is 0 Å². The van der Waals surface area contributed by atoms with Crippen LogP contribution in [0.2, 0.25) is 0 Å². The van der Waals surface area contributed by atoms with Crippen LogP contribution < -0.4 is 9.64 Å². The number of pyridine rings is 1. The Morgan fingerprint density at radius 3 is 2.45 bits per heavy atom. The number of benzene rings is 1. The minimum atomic E-state index is -0.503. The molecule has 22 heavy (non-hydrogen) atoms. The lowest BCUT2D eigenvalue weighted by Gasteiger charge is -2.19. The number of rotatable bonds is 5. The van der Waals surface area contributed by atoms with E-state index < -0.39 is 5.97 Å². The summed E-state index contributed by atoms with van der Waals surface area (Å²) in [6.07, 6.45) is 0. The summed E-state index contributed by atoms with van der Waals surface area (Å²) in [6.45, 7) is 0.550. The standard InChI is InChI=1S/C16H17FN2O3/c1-19(10-11-4-6-12(17)7-5-11)14-9-8-13(16(20)22-3)15(18-14)21-2/h4-9H,10H2,1-3H3. The minimum absolute atomic E-state index is 0.204. The largest absolute Gasteiger partial charge is 0.480 e. The highest BCUT2D eigenvalue weighted by molar-refractivity contribution is 5.92. The van der Waals surface area contributed by atoms with Crippen molar-refractivity contribution in [1.82, 2.24) is 4.98 Å². The van der Waals surface area contributed by atoms with Crippen molar-refractivity contribution in [1.29, 1.82) is 0 Å². The van der Waals surface area contributed by atoms with E-state index >= 15 is 0 Å². The lowest BCUT2D eigenvalue weighted by molar-refractivity contribution is 0.0596. The molecule has 0 unspecified atom stereocenters. The summed E-state index contributed by atoms with van der Waals surface area (Å²) < 4.78 is 22.7. The van der Waals surface area contributed by atoms with Crippen LogP contribution in [0.5, 0.6) is 5.88 Å². The molecule has 116 valence electrons. The van der Waals surface area contributed by atoms with Gasteiger partial charge in [0.15, 0.2) is 0 Å². The molecule has 0 amide bonds. The summed E-state index contributed by atoms with van der Waals surface area (Å²) in [7, 11) is 4.60. The van der Waals surface area contributed by atoms with Gasteiger partial charge in [0.2, 0.25) is 5.88 Å². The molecule has 2 aromatic rings. The van der Waals surface area contributed by atoms with E-state index in [1.807, 2.05) is 11.9 Å². The van der Waals surface area contributed by atoms with E-state index in [1.165, 1.54) is 26.4 Å². The van der Waals surface area contributed by atoms with Crippen molar-refractivity contribution in [2.75, 3.05) is 26.2 Å². The molecular formula is C16H17FN2O3. The fourth-order valence-corrected chi connectivity index (χ4v) is 2.01. The van der Waals surface area contributed by atoms with Crippen molar-refractivity contribution in [3.8, 4) is 5.88 Å². The van der Waals surface area contributed by atoms with Crippen LogP contribution in [0.15, 0.2) is 36.4 Å². The second kappa shape index (κ2) is 6.89. The molecule has 0 N–H and O–H groups in total. The highest BCUT2D eigenvalue weighted by Crippen LogP contribution is 2.22. The molecular weight excluding hydrogens is 287 g/mol. The number of hydrogen-bond acceptors (Lipinski definition) is 5. The Bertz CT molecular complexity index is 659. The molecule has 0 atom stereocenters. The smallest absolute Gasteiger partial charge is 0.343 e. The quantitative estimate of drug-likeness (QED) is 0.795. The summed E-state index contributed by atoms with van der Waals surface area (Å²) in [5, 5.41) is 0. The van der Waals surface area contributed by atoms with Crippen LogP contribution in [0.4, 0.5) is 10.2 Å². The fraction of sp³-hybridized carbons (Fsp3) is 0.250. The van der Waals surface area contributed by atoms with Gasteiger partial charge in [-0.1, -0.05) is 12.1 Å². The fourth-order valence-electron chi connectivity index (χ4n) is 2.01.